The number of aryl methyl sites for hydroxylation is 2. The van der Waals surface area contributed by atoms with Gasteiger partial charge in [0.25, 0.3) is 0 Å². The normalized spacial score (nSPS) is 10.2. The van der Waals surface area contributed by atoms with E-state index in [1.54, 1.807) is 14.2 Å². The van der Waals surface area contributed by atoms with Crippen molar-refractivity contribution < 1.29 is 9.47 Å². The third kappa shape index (κ3) is 2.23. The Bertz CT molecular complexity index is 348. The largest absolute Gasteiger partial charge is 0.493 e. The summed E-state index contributed by atoms with van der Waals surface area (Å²) >= 11 is 0. The second kappa shape index (κ2) is 5.03. The molecule has 1 aromatic carbocycles. The van der Waals surface area contributed by atoms with Crippen LogP contribution in [0.5, 0.6) is 11.5 Å². The highest BCUT2D eigenvalue weighted by Gasteiger charge is 2.14. The maximum Gasteiger partial charge on any atom is 0.164 e. The van der Waals surface area contributed by atoms with Gasteiger partial charge in [-0.15, -0.1) is 0 Å². The number of hydrogen-bond acceptors (Lipinski definition) is 3. The maximum atomic E-state index is 5.59. The van der Waals surface area contributed by atoms with Crippen LogP contribution >= 0.6 is 0 Å². The lowest BCUT2D eigenvalue weighted by Crippen LogP contribution is -2.07. The first-order valence-electron chi connectivity index (χ1n) is 5.06. The van der Waals surface area contributed by atoms with Crippen LogP contribution in [0.15, 0.2) is 6.07 Å². The molecule has 2 N–H and O–H groups in total. The fraction of sp³-hybridized carbons (Fsp3) is 0.500. The lowest BCUT2D eigenvalue weighted by molar-refractivity contribution is 0.349. The van der Waals surface area contributed by atoms with Gasteiger partial charge in [-0.05, 0) is 37.9 Å². The zero-order valence-electron chi connectivity index (χ0n) is 9.89. The standard InChI is InChI=1S/C12H19NO2/c1-8-7-9(2)11(14-3)12(15-4)10(8)5-6-13/h7H,5-6,13H2,1-4H3. The summed E-state index contributed by atoms with van der Waals surface area (Å²) in [6.45, 7) is 4.70. The molecule has 0 fully saturated rings. The molecule has 0 aliphatic rings. The molecule has 0 aliphatic carbocycles. The minimum absolute atomic E-state index is 0.614. The number of ether oxygens (including phenoxy) is 2. The van der Waals surface area contributed by atoms with Crippen molar-refractivity contribution in [3.8, 4) is 11.5 Å². The van der Waals surface area contributed by atoms with Gasteiger partial charge in [-0.1, -0.05) is 6.07 Å². The molecule has 0 aromatic heterocycles. The summed E-state index contributed by atoms with van der Waals surface area (Å²) in [5, 5.41) is 0. The monoisotopic (exact) mass is 209 g/mol. The van der Waals surface area contributed by atoms with Gasteiger partial charge in [0.1, 0.15) is 0 Å². The van der Waals surface area contributed by atoms with E-state index in [0.29, 0.717) is 6.54 Å². The van der Waals surface area contributed by atoms with E-state index in [0.717, 1.165) is 29.0 Å². The number of methoxy groups -OCH3 is 2. The summed E-state index contributed by atoms with van der Waals surface area (Å²) in [6.07, 6.45) is 0.811. The highest BCUT2D eigenvalue weighted by atomic mass is 16.5. The molecule has 0 spiro atoms. The summed E-state index contributed by atoms with van der Waals surface area (Å²) in [6, 6.07) is 2.10. The minimum atomic E-state index is 0.614. The molecular formula is C12H19NO2. The number of benzene rings is 1. The molecule has 0 aliphatic heterocycles. The number of rotatable bonds is 4. The Morgan fingerprint density at radius 3 is 2.13 bits per heavy atom. The van der Waals surface area contributed by atoms with Gasteiger partial charge in [0.2, 0.25) is 0 Å². The topological polar surface area (TPSA) is 44.5 Å². The van der Waals surface area contributed by atoms with Crippen LogP contribution in [0.3, 0.4) is 0 Å². The summed E-state index contributed by atoms with van der Waals surface area (Å²) in [5.74, 6) is 1.63. The number of nitrogens with two attached hydrogens (primary N) is 1. The maximum absolute atomic E-state index is 5.59. The SMILES string of the molecule is COc1c(C)cc(C)c(CCN)c1OC. The van der Waals surface area contributed by atoms with E-state index < -0.39 is 0 Å². The molecule has 0 heterocycles. The van der Waals surface area contributed by atoms with Crippen molar-refractivity contribution >= 4 is 0 Å². The van der Waals surface area contributed by atoms with Crippen molar-refractivity contribution in [2.45, 2.75) is 20.3 Å². The first kappa shape index (κ1) is 11.9. The Labute approximate surface area is 91.2 Å². The third-order valence-electron chi connectivity index (χ3n) is 2.55. The highest BCUT2D eigenvalue weighted by Crippen LogP contribution is 2.36. The van der Waals surface area contributed by atoms with Gasteiger partial charge >= 0.3 is 0 Å². The first-order valence-corrected chi connectivity index (χ1v) is 5.06. The lowest BCUT2D eigenvalue weighted by atomic mass is 10.0. The minimum Gasteiger partial charge on any atom is -0.493 e. The Morgan fingerprint density at radius 1 is 1.07 bits per heavy atom. The van der Waals surface area contributed by atoms with E-state index in [1.807, 2.05) is 6.92 Å². The molecule has 0 unspecified atom stereocenters. The molecule has 0 atom stereocenters. The fourth-order valence-corrected chi connectivity index (χ4v) is 1.90. The van der Waals surface area contributed by atoms with Crippen molar-refractivity contribution in [3.63, 3.8) is 0 Å². The molecule has 15 heavy (non-hydrogen) atoms. The van der Waals surface area contributed by atoms with Crippen LogP contribution in [-0.4, -0.2) is 20.8 Å². The zero-order valence-corrected chi connectivity index (χ0v) is 9.89. The summed E-state index contributed by atoms with van der Waals surface area (Å²) in [4.78, 5) is 0. The van der Waals surface area contributed by atoms with Crippen LogP contribution in [0.1, 0.15) is 16.7 Å². The van der Waals surface area contributed by atoms with Gasteiger partial charge < -0.3 is 15.2 Å². The zero-order chi connectivity index (χ0) is 11.4. The van der Waals surface area contributed by atoms with Crippen molar-refractivity contribution in [1.82, 2.24) is 0 Å². The highest BCUT2D eigenvalue weighted by molar-refractivity contribution is 5.55. The quantitative estimate of drug-likeness (QED) is 0.822. The van der Waals surface area contributed by atoms with Crippen LogP contribution < -0.4 is 15.2 Å². The molecule has 3 nitrogen and oxygen atoms in total. The van der Waals surface area contributed by atoms with Gasteiger partial charge in [-0.25, -0.2) is 0 Å². The first-order chi connectivity index (χ1) is 7.15. The lowest BCUT2D eigenvalue weighted by Gasteiger charge is -2.17. The Kier molecular flexibility index (Phi) is 3.97. The van der Waals surface area contributed by atoms with Crippen LogP contribution in [-0.2, 0) is 6.42 Å². The molecule has 1 aromatic rings. The van der Waals surface area contributed by atoms with E-state index in [9.17, 15) is 0 Å². The van der Waals surface area contributed by atoms with Gasteiger partial charge in [-0.3, -0.25) is 0 Å². The smallest absolute Gasteiger partial charge is 0.164 e. The van der Waals surface area contributed by atoms with Gasteiger partial charge in [0, 0.05) is 5.56 Å². The molecule has 0 radical (unpaired) electrons. The third-order valence-corrected chi connectivity index (χ3v) is 2.55. The van der Waals surface area contributed by atoms with E-state index in [4.69, 9.17) is 15.2 Å². The average molecular weight is 209 g/mol. The predicted octanol–water partition coefficient (Wildman–Crippen LogP) is 1.82. The molecule has 0 bridgehead atoms. The van der Waals surface area contributed by atoms with Crippen LogP contribution in [0, 0.1) is 13.8 Å². The summed E-state index contributed by atoms with van der Waals surface area (Å²) in [5.41, 5.74) is 9.02. The van der Waals surface area contributed by atoms with Crippen molar-refractivity contribution in [2.24, 2.45) is 5.73 Å². The molecule has 1 rings (SSSR count). The van der Waals surface area contributed by atoms with Gasteiger partial charge in [-0.2, -0.15) is 0 Å². The average Bonchev–Trinajstić information content (AvgIpc) is 2.21. The van der Waals surface area contributed by atoms with Crippen molar-refractivity contribution in [1.29, 1.82) is 0 Å². The molecular weight excluding hydrogens is 190 g/mol. The second-order valence-electron chi connectivity index (χ2n) is 3.59. The molecule has 0 amide bonds. The van der Waals surface area contributed by atoms with Crippen LogP contribution in [0.4, 0.5) is 0 Å². The molecule has 3 heteroatoms. The summed E-state index contributed by atoms with van der Waals surface area (Å²) in [7, 11) is 3.32. The van der Waals surface area contributed by atoms with Gasteiger partial charge in [0.05, 0.1) is 14.2 Å². The fourth-order valence-electron chi connectivity index (χ4n) is 1.90. The van der Waals surface area contributed by atoms with E-state index in [-0.39, 0.29) is 0 Å². The second-order valence-corrected chi connectivity index (χ2v) is 3.59. The van der Waals surface area contributed by atoms with Crippen molar-refractivity contribution in [3.05, 3.63) is 22.8 Å². The van der Waals surface area contributed by atoms with E-state index >= 15 is 0 Å². The van der Waals surface area contributed by atoms with Gasteiger partial charge in [0.15, 0.2) is 11.5 Å². The Hall–Kier alpha value is -1.22. The van der Waals surface area contributed by atoms with Crippen molar-refractivity contribution in [2.75, 3.05) is 20.8 Å². The molecule has 0 saturated carbocycles. The van der Waals surface area contributed by atoms with E-state index in [2.05, 4.69) is 13.0 Å². The molecule has 0 saturated heterocycles. The number of hydrogen-bond donors (Lipinski definition) is 1. The summed E-state index contributed by atoms with van der Waals surface area (Å²) < 4.78 is 10.7. The predicted molar refractivity (Wildman–Crippen MR) is 61.8 cm³/mol. The van der Waals surface area contributed by atoms with Crippen LogP contribution in [0.25, 0.3) is 0 Å². The van der Waals surface area contributed by atoms with Crippen LogP contribution in [0.2, 0.25) is 0 Å². The Balaban J connectivity index is 3.35. The molecule has 84 valence electrons. The Morgan fingerprint density at radius 2 is 1.67 bits per heavy atom. The van der Waals surface area contributed by atoms with E-state index in [1.165, 1.54) is 5.56 Å².